The number of nitrogens with zero attached hydrogens (tertiary/aromatic N) is 4. The molecule has 0 spiro atoms. The van der Waals surface area contributed by atoms with Gasteiger partial charge >= 0.3 is 5.97 Å². The summed E-state index contributed by atoms with van der Waals surface area (Å²) in [4.78, 5) is 15.9. The molecule has 0 saturated carbocycles. The third-order valence-corrected chi connectivity index (χ3v) is 5.04. The Morgan fingerprint density at radius 2 is 1.89 bits per heavy atom. The lowest BCUT2D eigenvalue weighted by atomic mass is 10.2. The number of rotatable bonds is 6. The zero-order valence-electron chi connectivity index (χ0n) is 15.0. The van der Waals surface area contributed by atoms with Crippen molar-refractivity contribution in [1.82, 2.24) is 19.7 Å². The van der Waals surface area contributed by atoms with Crippen LogP contribution in [0.3, 0.4) is 0 Å². The predicted octanol–water partition coefficient (Wildman–Crippen LogP) is 4.00. The fourth-order valence-corrected chi connectivity index (χ4v) is 3.66. The van der Waals surface area contributed by atoms with Gasteiger partial charge in [-0.15, -0.1) is 10.2 Å². The molecule has 0 saturated heterocycles. The quantitative estimate of drug-likeness (QED) is 0.362. The van der Waals surface area contributed by atoms with E-state index in [0.29, 0.717) is 10.9 Å². The highest BCUT2D eigenvalue weighted by molar-refractivity contribution is 7.98. The normalized spacial score (nSPS) is 10.8. The van der Waals surface area contributed by atoms with Crippen molar-refractivity contribution >= 4 is 17.7 Å². The average molecular weight is 392 g/mol. The van der Waals surface area contributed by atoms with Gasteiger partial charge in [0.2, 0.25) is 5.76 Å². The first-order valence-electron chi connectivity index (χ1n) is 8.46. The Kier molecular flexibility index (Phi) is 5.20. The second-order valence-corrected chi connectivity index (χ2v) is 6.71. The van der Waals surface area contributed by atoms with Gasteiger partial charge < -0.3 is 9.15 Å². The zero-order valence-corrected chi connectivity index (χ0v) is 15.8. The Bertz CT molecular complexity index is 1080. The summed E-state index contributed by atoms with van der Waals surface area (Å²) in [6, 6.07) is 15.4. The van der Waals surface area contributed by atoms with Crippen molar-refractivity contribution in [2.75, 3.05) is 7.11 Å². The van der Waals surface area contributed by atoms with Crippen LogP contribution in [0.25, 0.3) is 17.1 Å². The van der Waals surface area contributed by atoms with Gasteiger partial charge in [-0.3, -0.25) is 9.55 Å². The van der Waals surface area contributed by atoms with Crippen molar-refractivity contribution in [1.29, 1.82) is 0 Å². The van der Waals surface area contributed by atoms with E-state index in [9.17, 15) is 4.79 Å². The summed E-state index contributed by atoms with van der Waals surface area (Å²) >= 11 is 1.46. The van der Waals surface area contributed by atoms with Gasteiger partial charge in [-0.05, 0) is 30.3 Å². The SMILES string of the molecule is COC(=O)c1occc1CSc1nnc(-c2ccncc2)n1-c1ccccc1. The van der Waals surface area contributed by atoms with Crippen molar-refractivity contribution in [2.24, 2.45) is 0 Å². The maximum Gasteiger partial charge on any atom is 0.374 e. The van der Waals surface area contributed by atoms with E-state index < -0.39 is 5.97 Å². The number of benzene rings is 1. The number of hydrogen-bond donors (Lipinski definition) is 0. The lowest BCUT2D eigenvalue weighted by Gasteiger charge is -2.10. The molecule has 3 aromatic heterocycles. The largest absolute Gasteiger partial charge is 0.463 e. The molecule has 7 nitrogen and oxygen atoms in total. The Morgan fingerprint density at radius 1 is 1.11 bits per heavy atom. The molecule has 0 unspecified atom stereocenters. The molecule has 0 N–H and O–H groups in total. The van der Waals surface area contributed by atoms with E-state index in [4.69, 9.17) is 9.15 Å². The smallest absolute Gasteiger partial charge is 0.374 e. The van der Waals surface area contributed by atoms with Crippen molar-refractivity contribution in [2.45, 2.75) is 10.9 Å². The molecule has 0 amide bonds. The molecule has 4 aromatic rings. The molecular weight excluding hydrogens is 376 g/mol. The van der Waals surface area contributed by atoms with E-state index in [2.05, 4.69) is 15.2 Å². The minimum absolute atomic E-state index is 0.204. The molecular formula is C20H16N4O3S. The van der Waals surface area contributed by atoms with Gasteiger partial charge in [0.25, 0.3) is 0 Å². The number of aromatic nitrogens is 4. The number of esters is 1. The number of carbonyl (C=O) groups excluding carboxylic acids is 1. The van der Waals surface area contributed by atoms with E-state index in [1.54, 1.807) is 18.5 Å². The fourth-order valence-electron chi connectivity index (χ4n) is 2.72. The number of thioether (sulfide) groups is 1. The van der Waals surface area contributed by atoms with Crippen LogP contribution in [0, 0.1) is 0 Å². The summed E-state index contributed by atoms with van der Waals surface area (Å²) in [5.41, 5.74) is 2.60. The zero-order chi connectivity index (χ0) is 19.3. The topological polar surface area (TPSA) is 83.0 Å². The summed E-state index contributed by atoms with van der Waals surface area (Å²) in [5, 5.41) is 9.46. The highest BCUT2D eigenvalue weighted by Crippen LogP contribution is 2.30. The molecule has 0 atom stereocenters. The molecule has 0 bridgehead atoms. The summed E-state index contributed by atoms with van der Waals surface area (Å²) in [6.07, 6.45) is 4.92. The number of carbonyl (C=O) groups is 1. The third-order valence-electron chi connectivity index (χ3n) is 4.06. The van der Waals surface area contributed by atoms with Gasteiger partial charge in [0.1, 0.15) is 0 Å². The maximum atomic E-state index is 11.8. The van der Waals surface area contributed by atoms with Gasteiger partial charge in [0.15, 0.2) is 11.0 Å². The van der Waals surface area contributed by atoms with E-state index in [1.807, 2.05) is 47.0 Å². The van der Waals surface area contributed by atoms with Crippen LogP contribution in [0.4, 0.5) is 0 Å². The van der Waals surface area contributed by atoms with Crippen molar-refractivity contribution < 1.29 is 13.9 Å². The second-order valence-electron chi connectivity index (χ2n) is 5.77. The van der Waals surface area contributed by atoms with Crippen LogP contribution in [0.1, 0.15) is 16.1 Å². The van der Waals surface area contributed by atoms with Crippen LogP contribution in [0.5, 0.6) is 0 Å². The molecule has 4 rings (SSSR count). The summed E-state index contributed by atoms with van der Waals surface area (Å²) < 4.78 is 12.0. The van der Waals surface area contributed by atoms with Crippen molar-refractivity contribution in [3.8, 4) is 17.1 Å². The average Bonchev–Trinajstić information content (AvgIpc) is 3.40. The molecule has 0 fully saturated rings. The van der Waals surface area contributed by atoms with Gasteiger partial charge in [0, 0.05) is 35.0 Å². The number of methoxy groups -OCH3 is 1. The molecule has 3 heterocycles. The van der Waals surface area contributed by atoms with Crippen LogP contribution in [0.2, 0.25) is 0 Å². The van der Waals surface area contributed by atoms with Crippen LogP contribution >= 0.6 is 11.8 Å². The van der Waals surface area contributed by atoms with E-state index in [-0.39, 0.29) is 5.76 Å². The number of ether oxygens (including phenoxy) is 1. The van der Waals surface area contributed by atoms with Gasteiger partial charge in [0.05, 0.1) is 13.4 Å². The molecule has 1 aromatic carbocycles. The summed E-state index contributed by atoms with van der Waals surface area (Å²) in [5.74, 6) is 0.914. The Balaban J connectivity index is 1.69. The van der Waals surface area contributed by atoms with E-state index >= 15 is 0 Å². The molecule has 0 aliphatic rings. The number of para-hydroxylation sites is 1. The van der Waals surface area contributed by atoms with E-state index in [1.165, 1.54) is 25.1 Å². The predicted molar refractivity (Wildman–Crippen MR) is 104 cm³/mol. The van der Waals surface area contributed by atoms with Gasteiger partial charge in [-0.25, -0.2) is 4.79 Å². The fraction of sp³-hybridized carbons (Fsp3) is 0.100. The minimum Gasteiger partial charge on any atom is -0.463 e. The highest BCUT2D eigenvalue weighted by Gasteiger charge is 2.19. The monoisotopic (exact) mass is 392 g/mol. The third kappa shape index (κ3) is 3.54. The summed E-state index contributed by atoms with van der Waals surface area (Å²) in [6.45, 7) is 0. The summed E-state index contributed by atoms with van der Waals surface area (Å²) in [7, 11) is 1.33. The Morgan fingerprint density at radius 3 is 2.64 bits per heavy atom. The standard InChI is InChI=1S/C20H16N4O3S/c1-26-19(25)17-15(9-12-27-17)13-28-20-23-22-18(14-7-10-21-11-8-14)24(20)16-5-3-2-4-6-16/h2-12H,13H2,1H3. The van der Waals surface area contributed by atoms with E-state index in [0.717, 1.165) is 22.6 Å². The second kappa shape index (κ2) is 8.10. The first kappa shape index (κ1) is 18.0. The lowest BCUT2D eigenvalue weighted by Crippen LogP contribution is -2.03. The molecule has 0 aliphatic heterocycles. The lowest BCUT2D eigenvalue weighted by molar-refractivity contribution is 0.0564. The van der Waals surface area contributed by atoms with Crippen LogP contribution < -0.4 is 0 Å². The van der Waals surface area contributed by atoms with Gasteiger partial charge in [-0.2, -0.15) is 0 Å². The molecule has 0 radical (unpaired) electrons. The maximum absolute atomic E-state index is 11.8. The van der Waals surface area contributed by atoms with Crippen molar-refractivity contribution in [3.05, 3.63) is 78.5 Å². The minimum atomic E-state index is -0.498. The number of furan rings is 1. The number of pyridine rings is 1. The molecule has 140 valence electrons. The first-order valence-corrected chi connectivity index (χ1v) is 9.45. The first-order chi connectivity index (χ1) is 13.8. The molecule has 8 heteroatoms. The van der Waals surface area contributed by atoms with Gasteiger partial charge in [-0.1, -0.05) is 30.0 Å². The Hall–Kier alpha value is -3.39. The number of hydrogen-bond acceptors (Lipinski definition) is 7. The van der Waals surface area contributed by atoms with Crippen molar-refractivity contribution in [3.63, 3.8) is 0 Å². The Labute approximate surface area is 165 Å². The molecule has 0 aliphatic carbocycles. The van der Waals surface area contributed by atoms with Crippen LogP contribution in [0.15, 0.2) is 76.8 Å². The molecule has 28 heavy (non-hydrogen) atoms. The van der Waals surface area contributed by atoms with Crippen LogP contribution in [-0.4, -0.2) is 32.8 Å². The highest BCUT2D eigenvalue weighted by atomic mass is 32.2. The van der Waals surface area contributed by atoms with Crippen LogP contribution in [-0.2, 0) is 10.5 Å².